The lowest BCUT2D eigenvalue weighted by Gasteiger charge is -2.24. The Hall–Kier alpha value is -3.14. The molecule has 0 saturated heterocycles. The Labute approximate surface area is 176 Å². The van der Waals surface area contributed by atoms with Gasteiger partial charge in [-0.25, -0.2) is 4.79 Å². The molecule has 0 aromatic heterocycles. The van der Waals surface area contributed by atoms with Crippen LogP contribution in [0.15, 0.2) is 60.7 Å². The minimum Gasteiger partial charge on any atom is -0.426 e. The van der Waals surface area contributed by atoms with Crippen LogP contribution >= 0.6 is 0 Å². The van der Waals surface area contributed by atoms with Crippen LogP contribution in [0.5, 0.6) is 11.5 Å². The number of benzene rings is 3. The smallest absolute Gasteiger partial charge is 0.343 e. The van der Waals surface area contributed by atoms with Crippen LogP contribution in [0.1, 0.15) is 48.5 Å². The Morgan fingerprint density at radius 2 is 1.43 bits per heavy atom. The van der Waals surface area contributed by atoms with Crippen LogP contribution in [0.2, 0.25) is 0 Å². The maximum absolute atomic E-state index is 12.8. The number of carbonyl (C=O) groups is 2. The third-order valence-electron chi connectivity index (χ3n) is 5.96. The highest BCUT2D eigenvalue weighted by atomic mass is 16.5. The second-order valence-corrected chi connectivity index (χ2v) is 8.19. The minimum absolute atomic E-state index is 0.0712. The van der Waals surface area contributed by atoms with Crippen LogP contribution in [0.3, 0.4) is 0 Å². The lowest BCUT2D eigenvalue weighted by molar-refractivity contribution is -0.140. The first-order valence-corrected chi connectivity index (χ1v) is 10.5. The lowest BCUT2D eigenvalue weighted by Crippen LogP contribution is -2.25. The normalized spacial score (nSPS) is 18.7. The van der Waals surface area contributed by atoms with Gasteiger partial charge in [-0.2, -0.15) is 0 Å². The van der Waals surface area contributed by atoms with Crippen LogP contribution in [-0.2, 0) is 4.79 Å². The lowest BCUT2D eigenvalue weighted by atomic mass is 9.83. The average molecular weight is 402 g/mol. The van der Waals surface area contributed by atoms with Crippen LogP contribution in [0.25, 0.3) is 10.8 Å². The second kappa shape index (κ2) is 8.70. The van der Waals surface area contributed by atoms with E-state index in [1.54, 1.807) is 18.2 Å². The van der Waals surface area contributed by atoms with Crippen molar-refractivity contribution in [3.05, 3.63) is 71.8 Å². The second-order valence-electron chi connectivity index (χ2n) is 8.19. The van der Waals surface area contributed by atoms with Crippen LogP contribution in [0.4, 0.5) is 0 Å². The van der Waals surface area contributed by atoms with E-state index in [1.807, 2.05) is 49.4 Å². The van der Waals surface area contributed by atoms with Crippen LogP contribution < -0.4 is 9.47 Å². The highest BCUT2D eigenvalue weighted by Gasteiger charge is 2.27. The van der Waals surface area contributed by atoms with Crippen molar-refractivity contribution >= 4 is 22.7 Å². The summed E-state index contributed by atoms with van der Waals surface area (Å²) >= 11 is 0. The van der Waals surface area contributed by atoms with Gasteiger partial charge in [-0.1, -0.05) is 49.4 Å². The predicted octanol–water partition coefficient (Wildman–Crippen LogP) is 6.10. The fourth-order valence-corrected chi connectivity index (χ4v) is 4.09. The molecule has 0 spiro atoms. The molecule has 0 unspecified atom stereocenters. The maximum Gasteiger partial charge on any atom is 0.343 e. The number of rotatable bonds is 4. The Morgan fingerprint density at radius 3 is 2.10 bits per heavy atom. The summed E-state index contributed by atoms with van der Waals surface area (Å²) in [7, 11) is 0. The first kappa shape index (κ1) is 20.1. The summed E-state index contributed by atoms with van der Waals surface area (Å²) in [5.74, 6) is 0.792. The summed E-state index contributed by atoms with van der Waals surface area (Å²) < 4.78 is 11.6. The standard InChI is InChI=1S/C26H26O4/c1-17-13-15-20(16-14-17)25(27)29-22-11-5-8-19-9-6-12-23(24(19)22)30-26(28)21-10-4-3-7-18(21)2/h3-12,17,20H,13-16H2,1-2H3. The predicted molar refractivity (Wildman–Crippen MR) is 117 cm³/mol. The van der Waals surface area contributed by atoms with Crippen LogP contribution in [-0.4, -0.2) is 11.9 Å². The summed E-state index contributed by atoms with van der Waals surface area (Å²) in [5.41, 5.74) is 1.36. The fraction of sp³-hybridized carbons (Fsp3) is 0.308. The minimum atomic E-state index is -0.428. The summed E-state index contributed by atoms with van der Waals surface area (Å²) in [4.78, 5) is 25.5. The van der Waals surface area contributed by atoms with Crippen molar-refractivity contribution in [1.29, 1.82) is 0 Å². The SMILES string of the molecule is Cc1ccccc1C(=O)Oc1cccc2cccc(OC(=O)C3CCC(C)CC3)c12. The number of esters is 2. The Balaban J connectivity index is 1.63. The molecule has 3 aromatic carbocycles. The molecule has 4 heteroatoms. The Bertz CT molecular complexity index is 1070. The Kier molecular flexibility index (Phi) is 5.84. The van der Waals surface area contributed by atoms with Crippen molar-refractivity contribution in [3.8, 4) is 11.5 Å². The largest absolute Gasteiger partial charge is 0.426 e. The third kappa shape index (κ3) is 4.23. The summed E-state index contributed by atoms with van der Waals surface area (Å²) in [6, 6.07) is 18.3. The molecule has 1 aliphatic rings. The molecular weight excluding hydrogens is 376 g/mol. The number of carbonyl (C=O) groups excluding carboxylic acids is 2. The van der Waals surface area contributed by atoms with Crippen molar-refractivity contribution in [1.82, 2.24) is 0 Å². The van der Waals surface area contributed by atoms with E-state index in [-0.39, 0.29) is 11.9 Å². The number of ether oxygens (including phenoxy) is 2. The van der Waals surface area contributed by atoms with E-state index in [9.17, 15) is 9.59 Å². The van der Waals surface area contributed by atoms with E-state index in [0.29, 0.717) is 28.4 Å². The van der Waals surface area contributed by atoms with Gasteiger partial charge in [-0.05, 0) is 67.7 Å². The molecule has 1 fully saturated rings. The van der Waals surface area contributed by atoms with Crippen molar-refractivity contribution in [3.63, 3.8) is 0 Å². The number of aryl methyl sites for hydroxylation is 1. The summed E-state index contributed by atoms with van der Waals surface area (Å²) in [6.45, 7) is 4.10. The highest BCUT2D eigenvalue weighted by Crippen LogP contribution is 2.36. The molecule has 0 aliphatic heterocycles. The molecule has 0 bridgehead atoms. The molecule has 1 saturated carbocycles. The van der Waals surface area contributed by atoms with E-state index < -0.39 is 5.97 Å². The molecule has 1 aliphatic carbocycles. The first-order valence-electron chi connectivity index (χ1n) is 10.5. The van der Waals surface area contributed by atoms with Gasteiger partial charge in [-0.15, -0.1) is 0 Å². The highest BCUT2D eigenvalue weighted by molar-refractivity contribution is 5.99. The fourth-order valence-electron chi connectivity index (χ4n) is 4.09. The molecule has 0 heterocycles. The third-order valence-corrected chi connectivity index (χ3v) is 5.96. The molecule has 0 radical (unpaired) electrons. The zero-order chi connectivity index (χ0) is 21.1. The first-order chi connectivity index (χ1) is 14.5. The summed E-state index contributed by atoms with van der Waals surface area (Å²) in [5, 5.41) is 1.49. The van der Waals surface area contributed by atoms with Gasteiger partial charge < -0.3 is 9.47 Å². The molecular formula is C26H26O4. The zero-order valence-electron chi connectivity index (χ0n) is 17.4. The molecule has 154 valence electrons. The van der Waals surface area contributed by atoms with Gasteiger partial charge in [0.15, 0.2) is 0 Å². The number of hydrogen-bond donors (Lipinski definition) is 0. The quantitative estimate of drug-likeness (QED) is 0.391. The van der Waals surface area contributed by atoms with Gasteiger partial charge in [0, 0.05) is 0 Å². The molecule has 0 atom stereocenters. The van der Waals surface area contributed by atoms with Gasteiger partial charge in [0.2, 0.25) is 0 Å². The summed E-state index contributed by atoms with van der Waals surface area (Å²) in [6.07, 6.45) is 3.82. The molecule has 4 nitrogen and oxygen atoms in total. The molecule has 0 amide bonds. The van der Waals surface area contributed by atoms with Crippen molar-refractivity contribution in [2.75, 3.05) is 0 Å². The molecule has 0 N–H and O–H groups in total. The number of fused-ring (bicyclic) bond motifs is 1. The van der Waals surface area contributed by atoms with Crippen LogP contribution in [0, 0.1) is 18.8 Å². The zero-order valence-corrected chi connectivity index (χ0v) is 17.4. The van der Waals surface area contributed by atoms with Gasteiger partial charge in [0.25, 0.3) is 0 Å². The molecule has 4 rings (SSSR count). The topological polar surface area (TPSA) is 52.6 Å². The van der Waals surface area contributed by atoms with Gasteiger partial charge in [-0.3, -0.25) is 4.79 Å². The molecule has 30 heavy (non-hydrogen) atoms. The number of hydrogen-bond acceptors (Lipinski definition) is 4. The van der Waals surface area contributed by atoms with Crippen molar-refractivity contribution < 1.29 is 19.1 Å². The average Bonchev–Trinajstić information content (AvgIpc) is 2.74. The van der Waals surface area contributed by atoms with Crippen molar-refractivity contribution in [2.45, 2.75) is 39.5 Å². The van der Waals surface area contributed by atoms with Gasteiger partial charge in [0.05, 0.1) is 16.9 Å². The van der Waals surface area contributed by atoms with E-state index in [4.69, 9.17) is 9.47 Å². The Morgan fingerprint density at radius 1 is 0.800 bits per heavy atom. The van der Waals surface area contributed by atoms with E-state index in [1.165, 1.54) is 0 Å². The van der Waals surface area contributed by atoms with Crippen molar-refractivity contribution in [2.24, 2.45) is 11.8 Å². The monoisotopic (exact) mass is 402 g/mol. The van der Waals surface area contributed by atoms with E-state index >= 15 is 0 Å². The van der Waals surface area contributed by atoms with E-state index in [0.717, 1.165) is 36.6 Å². The van der Waals surface area contributed by atoms with Gasteiger partial charge in [0.1, 0.15) is 11.5 Å². The maximum atomic E-state index is 12.8. The van der Waals surface area contributed by atoms with Gasteiger partial charge >= 0.3 is 11.9 Å². The van der Waals surface area contributed by atoms with E-state index in [2.05, 4.69) is 6.92 Å². The molecule has 3 aromatic rings.